The van der Waals surface area contributed by atoms with Crippen LogP contribution in [0.1, 0.15) is 6.92 Å². The van der Waals surface area contributed by atoms with E-state index in [0.717, 1.165) is 89.8 Å². The van der Waals surface area contributed by atoms with Crippen molar-refractivity contribution in [2.24, 2.45) is 0 Å². The van der Waals surface area contributed by atoms with Crippen molar-refractivity contribution < 1.29 is 0 Å². The van der Waals surface area contributed by atoms with Gasteiger partial charge in [0.15, 0.2) is 0 Å². The highest BCUT2D eigenvalue weighted by Gasteiger charge is 2.21. The standard InChI is InChI=1S/C77H58N4/c1-3-21-74(70-33-14-10-22-56(70)2)80(68-52-48-66(49-53-68)78(62-29-6-4-7-30-62)75-37-18-26-59-23-11-15-34-71(59)75)64-44-40-57(41-45-64)58-42-46-65(47-43-58)81(77-39-20-28-61-25-13-17-36-73(61)77)69-54-50-67(51-55-69)79(63-31-8-5-9-32-63)76-38-19-27-60-24-12-16-35-72(60)76/h3-55H,2H2,1H3/b21-3-,74-70+. The SMILES string of the molecule is C=c1cccc/c1=C(/C=C\C)N(c1ccc(-c2ccc(N(c3ccc(N(c4ccccc4)c4cccc5ccccc45)cc3)c3cccc4ccccc34)cc2)cc1)c1ccc(N(c2ccccc2)c2cccc3ccccc23)cc1. The molecule has 0 saturated carbocycles. The predicted octanol–water partition coefficient (Wildman–Crippen LogP) is 20.2. The van der Waals surface area contributed by atoms with Gasteiger partial charge in [-0.25, -0.2) is 0 Å². The minimum atomic E-state index is 0.957. The summed E-state index contributed by atoms with van der Waals surface area (Å²) in [5.74, 6) is 0. The first-order valence-corrected chi connectivity index (χ1v) is 27.6. The average Bonchev–Trinajstić information content (AvgIpc) is 3.68. The highest BCUT2D eigenvalue weighted by Crippen LogP contribution is 2.45. The number of fused-ring (bicyclic) bond motifs is 3. The van der Waals surface area contributed by atoms with Crippen LogP contribution in [0.2, 0.25) is 0 Å². The number of para-hydroxylation sites is 2. The Kier molecular flexibility index (Phi) is 13.8. The van der Waals surface area contributed by atoms with Crippen molar-refractivity contribution in [3.63, 3.8) is 0 Å². The topological polar surface area (TPSA) is 13.0 Å². The van der Waals surface area contributed by atoms with Gasteiger partial charge >= 0.3 is 0 Å². The molecule has 13 rings (SSSR count). The third kappa shape index (κ3) is 9.88. The molecule has 0 bridgehead atoms. The van der Waals surface area contributed by atoms with E-state index in [2.05, 4.69) is 355 Å². The molecule has 0 heterocycles. The average molecular weight is 1040 g/mol. The Bertz CT molecular complexity index is 4460. The lowest BCUT2D eigenvalue weighted by molar-refractivity contribution is 1.26. The molecule has 13 aromatic carbocycles. The van der Waals surface area contributed by atoms with Gasteiger partial charge in [0, 0.05) is 66.9 Å². The molecule has 0 aliphatic carbocycles. The van der Waals surface area contributed by atoms with Crippen molar-refractivity contribution in [3.05, 3.63) is 332 Å². The van der Waals surface area contributed by atoms with Gasteiger partial charge in [-0.3, -0.25) is 0 Å². The van der Waals surface area contributed by atoms with Crippen molar-refractivity contribution in [3.8, 4) is 11.1 Å². The third-order valence-corrected chi connectivity index (χ3v) is 15.2. The molecule has 81 heavy (non-hydrogen) atoms. The smallest absolute Gasteiger partial charge is 0.0540 e. The lowest BCUT2D eigenvalue weighted by Gasteiger charge is -2.30. The summed E-state index contributed by atoms with van der Waals surface area (Å²) in [7, 11) is 0. The van der Waals surface area contributed by atoms with Gasteiger partial charge in [0.2, 0.25) is 0 Å². The van der Waals surface area contributed by atoms with Crippen LogP contribution >= 0.6 is 0 Å². The molecule has 4 nitrogen and oxygen atoms in total. The Hall–Kier alpha value is -10.7. The number of hydrogen-bond acceptors (Lipinski definition) is 4. The lowest BCUT2D eigenvalue weighted by Crippen LogP contribution is -2.31. The van der Waals surface area contributed by atoms with Gasteiger partial charge in [-0.05, 0) is 161 Å². The highest BCUT2D eigenvalue weighted by molar-refractivity contribution is 6.02. The normalized spacial score (nSPS) is 11.7. The van der Waals surface area contributed by atoms with Crippen LogP contribution in [0.5, 0.6) is 0 Å². The summed E-state index contributed by atoms with van der Waals surface area (Å²) in [6, 6.07) is 111. The summed E-state index contributed by atoms with van der Waals surface area (Å²) in [6.45, 7) is 6.57. The van der Waals surface area contributed by atoms with Crippen molar-refractivity contribution in [1.29, 1.82) is 0 Å². The Morgan fingerprint density at radius 3 is 0.963 bits per heavy atom. The minimum Gasteiger partial charge on any atom is -0.310 e. The lowest BCUT2D eigenvalue weighted by atomic mass is 10.0. The van der Waals surface area contributed by atoms with E-state index in [4.69, 9.17) is 0 Å². The molecule has 0 aliphatic heterocycles. The van der Waals surface area contributed by atoms with Gasteiger partial charge < -0.3 is 19.6 Å². The van der Waals surface area contributed by atoms with Crippen LogP contribution in [0.3, 0.4) is 0 Å². The van der Waals surface area contributed by atoms with E-state index in [0.29, 0.717) is 0 Å². The fraction of sp³-hybridized carbons (Fsp3) is 0.0130. The summed E-state index contributed by atoms with van der Waals surface area (Å²) in [5, 5.41) is 9.18. The van der Waals surface area contributed by atoms with Gasteiger partial charge in [-0.2, -0.15) is 0 Å². The van der Waals surface area contributed by atoms with Gasteiger partial charge in [0.05, 0.1) is 22.8 Å². The fourth-order valence-electron chi connectivity index (χ4n) is 11.4. The fourth-order valence-corrected chi connectivity index (χ4v) is 11.4. The summed E-state index contributed by atoms with van der Waals surface area (Å²) < 4.78 is 0. The van der Waals surface area contributed by atoms with Crippen LogP contribution in [-0.2, 0) is 0 Å². The van der Waals surface area contributed by atoms with E-state index in [1.807, 2.05) is 0 Å². The molecule has 0 aliphatic rings. The zero-order valence-corrected chi connectivity index (χ0v) is 45.1. The van der Waals surface area contributed by atoms with E-state index in [9.17, 15) is 0 Å². The highest BCUT2D eigenvalue weighted by atomic mass is 15.2. The first-order chi connectivity index (χ1) is 40.1. The summed E-state index contributed by atoms with van der Waals surface area (Å²) in [4.78, 5) is 9.44. The Morgan fingerprint density at radius 2 is 0.580 bits per heavy atom. The second kappa shape index (κ2) is 22.4. The van der Waals surface area contributed by atoms with Gasteiger partial charge in [-0.1, -0.05) is 207 Å². The first kappa shape index (κ1) is 49.9. The molecule has 386 valence electrons. The zero-order chi connectivity index (χ0) is 54.5. The Balaban J connectivity index is 0.864. The molecule has 4 heteroatoms. The largest absolute Gasteiger partial charge is 0.310 e. The number of rotatable bonds is 14. The molecular formula is C77H58N4. The molecule has 0 aromatic heterocycles. The van der Waals surface area contributed by atoms with Crippen LogP contribution in [0.15, 0.2) is 322 Å². The first-order valence-electron chi connectivity index (χ1n) is 27.6. The Labute approximate surface area is 474 Å². The minimum absolute atomic E-state index is 0.957. The van der Waals surface area contributed by atoms with Gasteiger partial charge in [-0.15, -0.1) is 0 Å². The number of nitrogens with zero attached hydrogens (tertiary/aromatic N) is 4. The quantitative estimate of drug-likeness (QED) is 0.108. The number of benzene rings is 13. The van der Waals surface area contributed by atoms with Crippen LogP contribution < -0.4 is 30.0 Å². The number of hydrogen-bond donors (Lipinski definition) is 0. The van der Waals surface area contributed by atoms with Crippen molar-refractivity contribution >= 4 is 107 Å². The maximum absolute atomic E-state index is 4.50. The maximum atomic E-state index is 4.50. The molecule has 0 N–H and O–H groups in total. The van der Waals surface area contributed by atoms with Crippen molar-refractivity contribution in [2.45, 2.75) is 6.92 Å². The molecular weight excluding hydrogens is 981 g/mol. The summed E-state index contributed by atoms with van der Waals surface area (Å²) >= 11 is 0. The number of anilines is 11. The molecule has 0 radical (unpaired) electrons. The van der Waals surface area contributed by atoms with Crippen molar-refractivity contribution in [1.82, 2.24) is 0 Å². The molecule has 13 aromatic rings. The van der Waals surface area contributed by atoms with E-state index in [-0.39, 0.29) is 0 Å². The van der Waals surface area contributed by atoms with Crippen LogP contribution in [0, 0.1) is 0 Å². The van der Waals surface area contributed by atoms with Gasteiger partial charge in [0.25, 0.3) is 0 Å². The zero-order valence-electron chi connectivity index (χ0n) is 45.1. The second-order valence-corrected chi connectivity index (χ2v) is 20.2. The maximum Gasteiger partial charge on any atom is 0.0540 e. The van der Waals surface area contributed by atoms with E-state index >= 15 is 0 Å². The summed E-state index contributed by atoms with van der Waals surface area (Å²) in [5.41, 5.74) is 15.2. The monoisotopic (exact) mass is 1040 g/mol. The molecule has 0 atom stereocenters. The van der Waals surface area contributed by atoms with E-state index in [1.165, 1.54) is 32.3 Å². The van der Waals surface area contributed by atoms with Crippen molar-refractivity contribution in [2.75, 3.05) is 19.6 Å². The molecule has 0 saturated heterocycles. The second-order valence-electron chi connectivity index (χ2n) is 20.2. The van der Waals surface area contributed by atoms with Crippen LogP contribution in [0.25, 0.3) is 55.7 Å². The molecule has 0 unspecified atom stereocenters. The summed E-state index contributed by atoms with van der Waals surface area (Å²) in [6.07, 6.45) is 4.30. The molecule has 0 amide bonds. The van der Waals surface area contributed by atoms with Crippen LogP contribution in [0.4, 0.5) is 62.6 Å². The Morgan fingerprint density at radius 1 is 0.284 bits per heavy atom. The van der Waals surface area contributed by atoms with Gasteiger partial charge in [0.1, 0.15) is 0 Å². The predicted molar refractivity (Wildman–Crippen MR) is 346 cm³/mol. The van der Waals surface area contributed by atoms with E-state index in [1.54, 1.807) is 0 Å². The molecule has 0 fully saturated rings. The van der Waals surface area contributed by atoms with E-state index < -0.39 is 0 Å². The third-order valence-electron chi connectivity index (χ3n) is 15.2. The number of allylic oxidation sites excluding steroid dienone is 1. The van der Waals surface area contributed by atoms with Crippen LogP contribution in [-0.4, -0.2) is 0 Å². The molecule has 0 spiro atoms.